The van der Waals surface area contributed by atoms with Gasteiger partial charge in [0.1, 0.15) is 5.76 Å². The van der Waals surface area contributed by atoms with Gasteiger partial charge in [0.25, 0.3) is 0 Å². The molecule has 0 aliphatic rings. The molecular formula is C22H30N4O3S. The molecule has 1 unspecified atom stereocenters. The molecule has 3 aromatic rings. The molecule has 0 radical (unpaired) electrons. The highest BCUT2D eigenvalue weighted by atomic mass is 32.2. The van der Waals surface area contributed by atoms with Crippen molar-refractivity contribution in [3.63, 3.8) is 0 Å². The van der Waals surface area contributed by atoms with Gasteiger partial charge >= 0.3 is 0 Å². The maximum absolute atomic E-state index is 12.6. The number of nitrogens with one attached hydrogen (secondary N) is 1. The molecule has 0 saturated heterocycles. The Morgan fingerprint density at radius 3 is 2.77 bits per heavy atom. The minimum Gasteiger partial charge on any atom is -0.468 e. The van der Waals surface area contributed by atoms with Crippen molar-refractivity contribution in [1.29, 1.82) is 0 Å². The molecule has 0 saturated carbocycles. The molecule has 1 amide bonds. The van der Waals surface area contributed by atoms with Crippen LogP contribution in [0.15, 0.2) is 52.2 Å². The van der Waals surface area contributed by atoms with E-state index in [2.05, 4.69) is 28.6 Å². The SMILES string of the molecule is CCN(CC)C(CNC(=O)CSc1nc2ccccc2n1CCOC)c1ccco1. The van der Waals surface area contributed by atoms with Crippen LogP contribution in [0.5, 0.6) is 0 Å². The van der Waals surface area contributed by atoms with Crippen LogP contribution in [0.1, 0.15) is 25.6 Å². The number of amides is 1. The largest absolute Gasteiger partial charge is 0.468 e. The number of nitrogens with zero attached hydrogens (tertiary/aromatic N) is 3. The van der Waals surface area contributed by atoms with E-state index in [1.165, 1.54) is 11.8 Å². The minimum absolute atomic E-state index is 0.0194. The van der Waals surface area contributed by atoms with E-state index >= 15 is 0 Å². The Morgan fingerprint density at radius 2 is 2.07 bits per heavy atom. The number of imidazole rings is 1. The standard InChI is InChI=1S/C22H30N4O3S/c1-4-25(5-2)19(20-11-8-13-29-20)15-23-21(27)16-30-22-24-17-9-6-7-10-18(17)26(22)12-14-28-3/h6-11,13,19H,4-5,12,14-16H2,1-3H3,(H,23,27). The molecule has 3 rings (SSSR count). The topological polar surface area (TPSA) is 72.5 Å². The smallest absolute Gasteiger partial charge is 0.230 e. The fourth-order valence-electron chi connectivity index (χ4n) is 3.51. The van der Waals surface area contributed by atoms with Crippen LogP contribution in [0, 0.1) is 0 Å². The first-order valence-corrected chi connectivity index (χ1v) is 11.3. The lowest BCUT2D eigenvalue weighted by Crippen LogP contribution is -2.38. The van der Waals surface area contributed by atoms with Gasteiger partial charge in [-0.1, -0.05) is 37.7 Å². The van der Waals surface area contributed by atoms with Gasteiger partial charge in [-0.15, -0.1) is 0 Å². The van der Waals surface area contributed by atoms with Crippen molar-refractivity contribution in [3.8, 4) is 0 Å². The minimum atomic E-state index is -0.0194. The zero-order valence-corrected chi connectivity index (χ0v) is 18.7. The molecule has 1 aromatic carbocycles. The van der Waals surface area contributed by atoms with Crippen molar-refractivity contribution < 1.29 is 13.9 Å². The third-order valence-corrected chi connectivity index (χ3v) is 6.06. The first-order valence-electron chi connectivity index (χ1n) is 10.3. The van der Waals surface area contributed by atoms with E-state index in [9.17, 15) is 4.79 Å². The van der Waals surface area contributed by atoms with E-state index in [-0.39, 0.29) is 11.9 Å². The van der Waals surface area contributed by atoms with Gasteiger partial charge in [-0.3, -0.25) is 9.69 Å². The van der Waals surface area contributed by atoms with Crippen LogP contribution in [0.4, 0.5) is 0 Å². The molecule has 1 atom stereocenters. The first kappa shape index (κ1) is 22.4. The van der Waals surface area contributed by atoms with Crippen molar-refractivity contribution in [2.45, 2.75) is 31.6 Å². The van der Waals surface area contributed by atoms with E-state index in [0.717, 1.165) is 35.0 Å². The Labute approximate surface area is 181 Å². The number of carbonyl (C=O) groups excluding carboxylic acids is 1. The number of aromatic nitrogens is 2. The zero-order valence-electron chi connectivity index (χ0n) is 17.8. The molecule has 0 fully saturated rings. The number of hydrogen-bond acceptors (Lipinski definition) is 6. The van der Waals surface area contributed by atoms with Crippen LogP contribution in [-0.4, -0.2) is 59.5 Å². The van der Waals surface area contributed by atoms with Gasteiger partial charge < -0.3 is 19.0 Å². The highest BCUT2D eigenvalue weighted by molar-refractivity contribution is 7.99. The predicted octanol–water partition coefficient (Wildman–Crippen LogP) is 3.57. The number of carbonyl (C=O) groups is 1. The van der Waals surface area contributed by atoms with Crippen LogP contribution in [0.3, 0.4) is 0 Å². The number of benzene rings is 1. The lowest BCUT2D eigenvalue weighted by Gasteiger charge is -2.28. The number of furan rings is 1. The summed E-state index contributed by atoms with van der Waals surface area (Å²) in [6.45, 7) is 7.79. The molecule has 0 aliphatic carbocycles. The Hall–Kier alpha value is -2.29. The second-order valence-corrected chi connectivity index (χ2v) is 7.82. The Kier molecular flexibility index (Phi) is 8.36. The molecule has 0 aliphatic heterocycles. The van der Waals surface area contributed by atoms with Crippen LogP contribution >= 0.6 is 11.8 Å². The van der Waals surface area contributed by atoms with E-state index in [1.54, 1.807) is 13.4 Å². The predicted molar refractivity (Wildman–Crippen MR) is 120 cm³/mol. The number of thioether (sulfide) groups is 1. The number of methoxy groups -OCH3 is 1. The van der Waals surface area contributed by atoms with Gasteiger partial charge in [-0.05, 0) is 37.4 Å². The molecule has 2 heterocycles. The summed E-state index contributed by atoms with van der Waals surface area (Å²) in [5.74, 6) is 1.15. The van der Waals surface area contributed by atoms with E-state index in [0.29, 0.717) is 25.4 Å². The third kappa shape index (κ3) is 5.44. The average molecular weight is 431 g/mol. The van der Waals surface area contributed by atoms with Gasteiger partial charge in [0, 0.05) is 20.2 Å². The monoisotopic (exact) mass is 430 g/mol. The van der Waals surface area contributed by atoms with Crippen molar-refractivity contribution in [2.75, 3.05) is 39.1 Å². The first-order chi connectivity index (χ1) is 14.7. The number of likely N-dealkylation sites (N-methyl/N-ethyl adjacent to an activating group) is 1. The summed E-state index contributed by atoms with van der Waals surface area (Å²) in [6, 6.07) is 11.9. The maximum atomic E-state index is 12.6. The molecule has 0 spiro atoms. The Balaban J connectivity index is 1.62. The van der Waals surface area contributed by atoms with Crippen molar-refractivity contribution in [2.24, 2.45) is 0 Å². The maximum Gasteiger partial charge on any atom is 0.230 e. The van der Waals surface area contributed by atoms with Gasteiger partial charge in [0.2, 0.25) is 5.91 Å². The number of hydrogen-bond donors (Lipinski definition) is 1. The molecular weight excluding hydrogens is 400 g/mol. The van der Waals surface area contributed by atoms with Gasteiger partial charge in [-0.25, -0.2) is 4.98 Å². The summed E-state index contributed by atoms with van der Waals surface area (Å²) in [5.41, 5.74) is 1.98. The molecule has 162 valence electrons. The molecule has 30 heavy (non-hydrogen) atoms. The second-order valence-electron chi connectivity index (χ2n) is 6.87. The third-order valence-electron chi connectivity index (χ3n) is 5.09. The Bertz CT molecular complexity index is 922. The molecule has 0 bridgehead atoms. The zero-order chi connectivity index (χ0) is 21.3. The lowest BCUT2D eigenvalue weighted by molar-refractivity contribution is -0.118. The van der Waals surface area contributed by atoms with Gasteiger partial charge in [0.15, 0.2) is 5.16 Å². The summed E-state index contributed by atoms with van der Waals surface area (Å²) >= 11 is 1.45. The average Bonchev–Trinajstić information content (AvgIpc) is 3.41. The quantitative estimate of drug-likeness (QED) is 0.443. The number of para-hydroxylation sites is 2. The Morgan fingerprint density at radius 1 is 1.27 bits per heavy atom. The molecule has 2 aromatic heterocycles. The number of fused-ring (bicyclic) bond motifs is 1. The summed E-state index contributed by atoms with van der Waals surface area (Å²) in [7, 11) is 1.69. The summed E-state index contributed by atoms with van der Waals surface area (Å²) < 4.78 is 13.0. The van der Waals surface area contributed by atoms with Gasteiger partial charge in [-0.2, -0.15) is 0 Å². The van der Waals surface area contributed by atoms with Crippen molar-refractivity contribution in [1.82, 2.24) is 19.8 Å². The molecule has 1 N–H and O–H groups in total. The van der Waals surface area contributed by atoms with Crippen LogP contribution in [-0.2, 0) is 16.1 Å². The summed E-state index contributed by atoms with van der Waals surface area (Å²) in [4.78, 5) is 19.6. The van der Waals surface area contributed by atoms with E-state index in [4.69, 9.17) is 14.1 Å². The fraction of sp³-hybridized carbons (Fsp3) is 0.455. The lowest BCUT2D eigenvalue weighted by atomic mass is 10.2. The number of rotatable bonds is 12. The van der Waals surface area contributed by atoms with Crippen LogP contribution in [0.2, 0.25) is 0 Å². The summed E-state index contributed by atoms with van der Waals surface area (Å²) in [6.07, 6.45) is 1.67. The fourth-order valence-corrected chi connectivity index (χ4v) is 4.38. The normalized spacial score (nSPS) is 12.5. The summed E-state index contributed by atoms with van der Waals surface area (Å²) in [5, 5.41) is 3.89. The highest BCUT2D eigenvalue weighted by Crippen LogP contribution is 2.24. The molecule has 8 heteroatoms. The van der Waals surface area contributed by atoms with Crippen LogP contribution in [0.25, 0.3) is 11.0 Å². The number of ether oxygens (including phenoxy) is 1. The van der Waals surface area contributed by atoms with E-state index < -0.39 is 0 Å². The second kappa shape index (κ2) is 11.2. The van der Waals surface area contributed by atoms with Crippen LogP contribution < -0.4 is 5.32 Å². The molecule has 7 nitrogen and oxygen atoms in total. The van der Waals surface area contributed by atoms with Crippen molar-refractivity contribution >= 4 is 28.7 Å². The van der Waals surface area contributed by atoms with Crippen molar-refractivity contribution in [3.05, 3.63) is 48.4 Å². The van der Waals surface area contributed by atoms with E-state index in [1.807, 2.05) is 36.4 Å². The highest BCUT2D eigenvalue weighted by Gasteiger charge is 2.21. The van der Waals surface area contributed by atoms with Gasteiger partial charge in [0.05, 0.1) is 35.7 Å².